The van der Waals surface area contributed by atoms with Gasteiger partial charge < -0.3 is 10.1 Å². The van der Waals surface area contributed by atoms with E-state index in [4.69, 9.17) is 4.74 Å². The van der Waals surface area contributed by atoms with Crippen LogP contribution in [0.4, 0.5) is 0 Å². The zero-order valence-corrected chi connectivity index (χ0v) is 12.2. The standard InChI is InChI=1S/C14H27NOS/c1-3-15-13(6-10-17-2)12-5-9-16-14(11-12)7-4-8-14/h12-13,15H,3-11H2,1-2H3. The van der Waals surface area contributed by atoms with Crippen molar-refractivity contribution in [2.24, 2.45) is 5.92 Å². The molecule has 1 N–H and O–H groups in total. The van der Waals surface area contributed by atoms with Crippen LogP contribution >= 0.6 is 11.8 Å². The van der Waals surface area contributed by atoms with E-state index in [1.165, 1.54) is 44.3 Å². The van der Waals surface area contributed by atoms with Crippen molar-refractivity contribution < 1.29 is 4.74 Å². The van der Waals surface area contributed by atoms with Crippen molar-refractivity contribution in [3.63, 3.8) is 0 Å². The topological polar surface area (TPSA) is 21.3 Å². The van der Waals surface area contributed by atoms with E-state index in [0.29, 0.717) is 11.6 Å². The molecule has 100 valence electrons. The molecule has 1 spiro atoms. The van der Waals surface area contributed by atoms with Gasteiger partial charge in [0.25, 0.3) is 0 Å². The molecule has 2 nitrogen and oxygen atoms in total. The van der Waals surface area contributed by atoms with Crippen LogP contribution in [-0.2, 0) is 4.74 Å². The summed E-state index contributed by atoms with van der Waals surface area (Å²) >= 11 is 1.97. The van der Waals surface area contributed by atoms with Crippen LogP contribution in [0, 0.1) is 5.92 Å². The van der Waals surface area contributed by atoms with E-state index >= 15 is 0 Å². The average Bonchev–Trinajstić information content (AvgIpc) is 2.33. The predicted octanol–water partition coefficient (Wildman–Crippen LogP) is 3.07. The van der Waals surface area contributed by atoms with E-state index in [2.05, 4.69) is 18.5 Å². The third-order valence-electron chi connectivity index (χ3n) is 4.46. The lowest BCUT2D eigenvalue weighted by Gasteiger charge is -2.49. The van der Waals surface area contributed by atoms with Gasteiger partial charge in [0.05, 0.1) is 5.60 Å². The summed E-state index contributed by atoms with van der Waals surface area (Å²) in [7, 11) is 0. The monoisotopic (exact) mass is 257 g/mol. The fourth-order valence-corrected chi connectivity index (χ4v) is 3.83. The number of ether oxygens (including phenoxy) is 1. The van der Waals surface area contributed by atoms with Crippen molar-refractivity contribution in [1.29, 1.82) is 0 Å². The van der Waals surface area contributed by atoms with Crippen LogP contribution in [0.15, 0.2) is 0 Å². The number of hydrogen-bond donors (Lipinski definition) is 1. The first-order chi connectivity index (χ1) is 8.29. The average molecular weight is 257 g/mol. The summed E-state index contributed by atoms with van der Waals surface area (Å²) in [6.07, 6.45) is 10.1. The van der Waals surface area contributed by atoms with Gasteiger partial charge in [-0.15, -0.1) is 0 Å². The number of hydrogen-bond acceptors (Lipinski definition) is 3. The van der Waals surface area contributed by atoms with Crippen LogP contribution in [0.25, 0.3) is 0 Å². The van der Waals surface area contributed by atoms with Crippen molar-refractivity contribution >= 4 is 11.8 Å². The molecule has 0 bridgehead atoms. The maximum absolute atomic E-state index is 6.03. The molecule has 0 aromatic carbocycles. The Balaban J connectivity index is 1.87. The maximum atomic E-state index is 6.03. The Morgan fingerprint density at radius 1 is 1.47 bits per heavy atom. The van der Waals surface area contributed by atoms with Crippen LogP contribution < -0.4 is 5.32 Å². The molecule has 0 amide bonds. The Morgan fingerprint density at radius 2 is 2.29 bits per heavy atom. The quantitative estimate of drug-likeness (QED) is 0.790. The summed E-state index contributed by atoms with van der Waals surface area (Å²) in [5.74, 6) is 2.12. The molecular formula is C14H27NOS. The third-order valence-corrected chi connectivity index (χ3v) is 5.11. The minimum absolute atomic E-state index is 0.302. The highest BCUT2D eigenvalue weighted by Gasteiger charge is 2.43. The molecule has 1 saturated carbocycles. The van der Waals surface area contributed by atoms with E-state index in [1.807, 2.05) is 11.8 Å². The highest BCUT2D eigenvalue weighted by molar-refractivity contribution is 7.98. The Bertz CT molecular complexity index is 230. The smallest absolute Gasteiger partial charge is 0.0685 e. The van der Waals surface area contributed by atoms with Crippen LogP contribution in [0.5, 0.6) is 0 Å². The summed E-state index contributed by atoms with van der Waals surface area (Å²) in [6.45, 7) is 4.32. The number of nitrogens with one attached hydrogen (secondary N) is 1. The van der Waals surface area contributed by atoms with Crippen LogP contribution in [0.2, 0.25) is 0 Å². The summed E-state index contributed by atoms with van der Waals surface area (Å²) in [5, 5.41) is 3.70. The first-order valence-electron chi connectivity index (χ1n) is 7.16. The van der Waals surface area contributed by atoms with Gasteiger partial charge in [-0.25, -0.2) is 0 Å². The molecule has 2 aliphatic rings. The molecule has 0 aromatic rings. The van der Waals surface area contributed by atoms with E-state index in [0.717, 1.165) is 19.1 Å². The Kier molecular flexibility index (Phi) is 5.19. The van der Waals surface area contributed by atoms with Crippen LogP contribution in [0.3, 0.4) is 0 Å². The zero-order valence-electron chi connectivity index (χ0n) is 11.3. The highest BCUT2D eigenvalue weighted by atomic mass is 32.2. The minimum Gasteiger partial charge on any atom is -0.375 e. The van der Waals surface area contributed by atoms with Crippen LogP contribution in [0.1, 0.15) is 45.4 Å². The molecule has 1 aliphatic carbocycles. The molecule has 1 aliphatic heterocycles. The van der Waals surface area contributed by atoms with E-state index < -0.39 is 0 Å². The second kappa shape index (κ2) is 6.44. The molecule has 0 radical (unpaired) electrons. The lowest BCUT2D eigenvalue weighted by Crippen LogP contribution is -2.50. The first kappa shape index (κ1) is 13.7. The van der Waals surface area contributed by atoms with Gasteiger partial charge in [-0.1, -0.05) is 6.92 Å². The molecule has 2 unspecified atom stereocenters. The van der Waals surface area contributed by atoms with E-state index in [1.54, 1.807) is 0 Å². The van der Waals surface area contributed by atoms with E-state index in [9.17, 15) is 0 Å². The molecule has 3 heteroatoms. The van der Waals surface area contributed by atoms with Gasteiger partial charge >= 0.3 is 0 Å². The highest BCUT2D eigenvalue weighted by Crippen LogP contribution is 2.45. The molecule has 0 aromatic heterocycles. The van der Waals surface area contributed by atoms with Gasteiger partial charge in [0, 0.05) is 12.6 Å². The summed E-state index contributed by atoms with van der Waals surface area (Å²) in [5.41, 5.74) is 0.302. The normalized spacial score (nSPS) is 28.9. The van der Waals surface area contributed by atoms with Gasteiger partial charge in [-0.2, -0.15) is 11.8 Å². The van der Waals surface area contributed by atoms with Crippen molar-refractivity contribution in [3.8, 4) is 0 Å². The van der Waals surface area contributed by atoms with Crippen molar-refractivity contribution in [1.82, 2.24) is 5.32 Å². The Morgan fingerprint density at radius 3 is 2.88 bits per heavy atom. The lowest BCUT2D eigenvalue weighted by molar-refractivity contribution is -0.147. The predicted molar refractivity (Wildman–Crippen MR) is 75.7 cm³/mol. The summed E-state index contributed by atoms with van der Waals surface area (Å²) in [6, 6.07) is 0.717. The molecule has 2 rings (SSSR count). The van der Waals surface area contributed by atoms with Gasteiger partial charge in [-0.05, 0) is 63.0 Å². The second-order valence-corrected chi connectivity index (χ2v) is 6.57. The van der Waals surface area contributed by atoms with Gasteiger partial charge in [0.15, 0.2) is 0 Å². The number of rotatable bonds is 6. The number of thioether (sulfide) groups is 1. The van der Waals surface area contributed by atoms with Crippen molar-refractivity contribution in [2.75, 3.05) is 25.2 Å². The Labute approximate surface area is 110 Å². The summed E-state index contributed by atoms with van der Waals surface area (Å²) < 4.78 is 6.03. The molecular weight excluding hydrogens is 230 g/mol. The van der Waals surface area contributed by atoms with Crippen molar-refractivity contribution in [3.05, 3.63) is 0 Å². The zero-order chi connectivity index (χ0) is 12.1. The van der Waals surface area contributed by atoms with Crippen molar-refractivity contribution in [2.45, 2.75) is 57.1 Å². The maximum Gasteiger partial charge on any atom is 0.0685 e. The van der Waals surface area contributed by atoms with Gasteiger partial charge in [0.2, 0.25) is 0 Å². The molecule has 2 atom stereocenters. The second-order valence-electron chi connectivity index (χ2n) is 5.58. The van der Waals surface area contributed by atoms with Crippen LogP contribution in [-0.4, -0.2) is 36.8 Å². The molecule has 1 saturated heterocycles. The molecule has 2 fully saturated rings. The van der Waals surface area contributed by atoms with E-state index in [-0.39, 0.29) is 0 Å². The fourth-order valence-electron chi connectivity index (χ4n) is 3.34. The molecule has 17 heavy (non-hydrogen) atoms. The van der Waals surface area contributed by atoms with Gasteiger partial charge in [-0.3, -0.25) is 0 Å². The SMILES string of the molecule is CCNC(CCSC)C1CCOC2(CCC2)C1. The third kappa shape index (κ3) is 3.39. The first-order valence-corrected chi connectivity index (χ1v) is 8.55. The Hall–Kier alpha value is 0.270. The molecule has 1 heterocycles. The summed E-state index contributed by atoms with van der Waals surface area (Å²) in [4.78, 5) is 0. The largest absolute Gasteiger partial charge is 0.375 e. The minimum atomic E-state index is 0.302. The van der Waals surface area contributed by atoms with Gasteiger partial charge in [0.1, 0.15) is 0 Å². The fraction of sp³-hybridized carbons (Fsp3) is 1.00. The lowest BCUT2D eigenvalue weighted by atomic mass is 9.70.